The largest absolute Gasteiger partial charge is 0.388 e. The number of aliphatic hydroxyl groups is 1. The molecule has 4 heteroatoms. The summed E-state index contributed by atoms with van der Waals surface area (Å²) in [7, 11) is 0. The van der Waals surface area contributed by atoms with Crippen LogP contribution in [0, 0.1) is 5.41 Å². The Labute approximate surface area is 98.3 Å². The van der Waals surface area contributed by atoms with Gasteiger partial charge in [0.15, 0.2) is 5.96 Å². The van der Waals surface area contributed by atoms with E-state index in [4.69, 9.17) is 5.73 Å². The van der Waals surface area contributed by atoms with Gasteiger partial charge in [-0.3, -0.25) is 4.99 Å². The van der Waals surface area contributed by atoms with Crippen LogP contribution < -0.4 is 11.1 Å². The molecule has 0 atom stereocenters. The van der Waals surface area contributed by atoms with Gasteiger partial charge >= 0.3 is 0 Å². The molecule has 1 fully saturated rings. The fraction of sp³-hybridized carbons (Fsp3) is 0.917. The van der Waals surface area contributed by atoms with Crippen molar-refractivity contribution < 1.29 is 5.11 Å². The molecule has 0 bridgehead atoms. The van der Waals surface area contributed by atoms with Gasteiger partial charge in [-0.1, -0.05) is 13.8 Å². The fourth-order valence-electron chi connectivity index (χ4n) is 2.02. The summed E-state index contributed by atoms with van der Waals surface area (Å²) in [5.41, 5.74) is 5.36. The molecule has 1 saturated carbocycles. The maximum Gasteiger partial charge on any atom is 0.188 e. The Hall–Kier alpha value is -0.770. The lowest BCUT2D eigenvalue weighted by molar-refractivity contribution is -0.0174. The minimum atomic E-state index is -0.643. The molecule has 0 amide bonds. The van der Waals surface area contributed by atoms with Gasteiger partial charge in [0.2, 0.25) is 0 Å². The molecule has 1 rings (SSSR count). The molecule has 4 nitrogen and oxygen atoms in total. The quantitative estimate of drug-likeness (QED) is 0.502. The molecule has 0 saturated heterocycles. The highest BCUT2D eigenvalue weighted by molar-refractivity contribution is 5.77. The van der Waals surface area contributed by atoms with Crippen LogP contribution in [0.2, 0.25) is 0 Å². The van der Waals surface area contributed by atoms with E-state index in [1.54, 1.807) is 0 Å². The van der Waals surface area contributed by atoms with Crippen molar-refractivity contribution in [3.63, 3.8) is 0 Å². The Morgan fingerprint density at radius 2 is 1.88 bits per heavy atom. The second-order valence-electron chi connectivity index (χ2n) is 5.62. The molecule has 1 aliphatic carbocycles. The average molecular weight is 227 g/mol. The lowest BCUT2D eigenvalue weighted by Gasteiger charge is -2.39. The van der Waals surface area contributed by atoms with Crippen LogP contribution in [-0.2, 0) is 0 Å². The first-order valence-corrected chi connectivity index (χ1v) is 6.13. The van der Waals surface area contributed by atoms with E-state index in [0.717, 1.165) is 32.2 Å². The van der Waals surface area contributed by atoms with Gasteiger partial charge < -0.3 is 16.2 Å². The molecule has 16 heavy (non-hydrogen) atoms. The highest BCUT2D eigenvalue weighted by atomic mass is 16.3. The normalized spacial score (nSPS) is 24.1. The summed E-state index contributed by atoms with van der Waals surface area (Å²) in [6.07, 6.45) is 3.76. The van der Waals surface area contributed by atoms with Crippen LogP contribution in [0.1, 0.15) is 46.5 Å². The highest BCUT2D eigenvalue weighted by Gasteiger charge is 2.36. The smallest absolute Gasteiger partial charge is 0.188 e. The van der Waals surface area contributed by atoms with Gasteiger partial charge in [0, 0.05) is 6.54 Å². The fourth-order valence-corrected chi connectivity index (χ4v) is 2.02. The number of rotatable bonds is 3. The third-order valence-corrected chi connectivity index (χ3v) is 3.44. The second kappa shape index (κ2) is 5.04. The Morgan fingerprint density at radius 1 is 1.31 bits per heavy atom. The van der Waals surface area contributed by atoms with E-state index in [1.165, 1.54) is 0 Å². The molecule has 0 aromatic carbocycles. The highest BCUT2D eigenvalue weighted by Crippen LogP contribution is 2.40. The molecule has 0 spiro atoms. The van der Waals surface area contributed by atoms with Gasteiger partial charge in [-0.05, 0) is 38.0 Å². The Bertz CT molecular complexity index is 251. The van der Waals surface area contributed by atoms with E-state index in [0.29, 0.717) is 17.9 Å². The summed E-state index contributed by atoms with van der Waals surface area (Å²) in [5, 5.41) is 13.3. The van der Waals surface area contributed by atoms with Crippen LogP contribution in [0.25, 0.3) is 0 Å². The van der Waals surface area contributed by atoms with Crippen molar-refractivity contribution in [3.8, 4) is 0 Å². The summed E-state index contributed by atoms with van der Waals surface area (Å²) in [5.74, 6) is 0.431. The summed E-state index contributed by atoms with van der Waals surface area (Å²) in [4.78, 5) is 4.19. The van der Waals surface area contributed by atoms with E-state index in [9.17, 15) is 5.11 Å². The molecular formula is C12H25N3O. The molecule has 0 aliphatic heterocycles. The number of hydrogen-bond acceptors (Lipinski definition) is 2. The summed E-state index contributed by atoms with van der Waals surface area (Å²) in [6, 6.07) is 0. The standard InChI is InChI=1S/C12H25N3O/c1-4-14-10(13)15-9-12(16)7-5-11(2,3)6-8-12/h16H,4-9H2,1-3H3,(H3,13,14,15). The lowest BCUT2D eigenvalue weighted by Crippen LogP contribution is -2.41. The summed E-state index contributed by atoms with van der Waals surface area (Å²) < 4.78 is 0. The number of aliphatic imine (C=N–C) groups is 1. The van der Waals surface area contributed by atoms with Crippen LogP contribution in [0.5, 0.6) is 0 Å². The number of hydrogen-bond donors (Lipinski definition) is 3. The minimum Gasteiger partial charge on any atom is -0.388 e. The van der Waals surface area contributed by atoms with Crippen molar-refractivity contribution in [3.05, 3.63) is 0 Å². The van der Waals surface area contributed by atoms with Gasteiger partial charge in [0.05, 0.1) is 12.1 Å². The van der Waals surface area contributed by atoms with Gasteiger partial charge in [0.25, 0.3) is 0 Å². The molecular weight excluding hydrogens is 202 g/mol. The van der Waals surface area contributed by atoms with Crippen LogP contribution in [0.15, 0.2) is 4.99 Å². The van der Waals surface area contributed by atoms with E-state index < -0.39 is 5.60 Å². The van der Waals surface area contributed by atoms with Crippen molar-refractivity contribution in [2.75, 3.05) is 13.1 Å². The zero-order valence-corrected chi connectivity index (χ0v) is 10.7. The SMILES string of the molecule is CCNC(N)=NCC1(O)CCC(C)(C)CC1. The van der Waals surface area contributed by atoms with Crippen LogP contribution in [0.3, 0.4) is 0 Å². The molecule has 0 heterocycles. The first-order valence-electron chi connectivity index (χ1n) is 6.13. The second-order valence-corrected chi connectivity index (χ2v) is 5.62. The zero-order valence-electron chi connectivity index (χ0n) is 10.7. The predicted molar refractivity (Wildman–Crippen MR) is 67.4 cm³/mol. The van der Waals surface area contributed by atoms with Crippen LogP contribution in [0.4, 0.5) is 0 Å². The predicted octanol–water partition coefficient (Wildman–Crippen LogP) is 1.24. The van der Waals surface area contributed by atoms with Crippen LogP contribution >= 0.6 is 0 Å². The van der Waals surface area contributed by atoms with Gasteiger partial charge in [-0.2, -0.15) is 0 Å². The van der Waals surface area contributed by atoms with E-state index in [-0.39, 0.29) is 0 Å². The molecule has 0 unspecified atom stereocenters. The molecule has 4 N–H and O–H groups in total. The molecule has 0 aromatic heterocycles. The van der Waals surface area contributed by atoms with Crippen molar-refractivity contribution in [1.82, 2.24) is 5.32 Å². The minimum absolute atomic E-state index is 0.364. The van der Waals surface area contributed by atoms with Gasteiger partial charge in [-0.15, -0.1) is 0 Å². The van der Waals surface area contributed by atoms with Gasteiger partial charge in [0.1, 0.15) is 0 Å². The molecule has 0 aromatic rings. The Balaban J connectivity index is 2.45. The number of nitrogens with zero attached hydrogens (tertiary/aromatic N) is 1. The third kappa shape index (κ3) is 4.00. The zero-order chi connectivity index (χ0) is 12.2. The maximum atomic E-state index is 10.3. The van der Waals surface area contributed by atoms with Crippen molar-refractivity contribution in [1.29, 1.82) is 0 Å². The van der Waals surface area contributed by atoms with E-state index in [1.807, 2.05) is 6.92 Å². The summed E-state index contributed by atoms with van der Waals surface area (Å²) >= 11 is 0. The Morgan fingerprint density at radius 3 is 2.38 bits per heavy atom. The van der Waals surface area contributed by atoms with Crippen molar-refractivity contribution in [2.45, 2.75) is 52.1 Å². The summed E-state index contributed by atoms with van der Waals surface area (Å²) in [6.45, 7) is 7.66. The topological polar surface area (TPSA) is 70.6 Å². The maximum absolute atomic E-state index is 10.3. The number of guanidine groups is 1. The van der Waals surface area contributed by atoms with E-state index in [2.05, 4.69) is 24.2 Å². The molecule has 0 radical (unpaired) electrons. The van der Waals surface area contributed by atoms with Crippen LogP contribution in [-0.4, -0.2) is 29.8 Å². The van der Waals surface area contributed by atoms with Gasteiger partial charge in [-0.25, -0.2) is 0 Å². The monoisotopic (exact) mass is 227 g/mol. The number of nitrogens with two attached hydrogens (primary N) is 1. The van der Waals surface area contributed by atoms with E-state index >= 15 is 0 Å². The Kier molecular flexibility index (Phi) is 4.19. The van der Waals surface area contributed by atoms with Crippen molar-refractivity contribution >= 4 is 5.96 Å². The van der Waals surface area contributed by atoms with Crippen molar-refractivity contribution in [2.24, 2.45) is 16.1 Å². The molecule has 1 aliphatic rings. The lowest BCUT2D eigenvalue weighted by atomic mass is 9.71. The third-order valence-electron chi connectivity index (χ3n) is 3.44. The number of nitrogens with one attached hydrogen (secondary N) is 1. The first kappa shape index (κ1) is 13.3. The first-order chi connectivity index (χ1) is 7.37. The average Bonchev–Trinajstić information content (AvgIpc) is 2.21. The molecule has 94 valence electrons.